The third-order valence-electron chi connectivity index (χ3n) is 5.41. The van der Waals surface area contributed by atoms with Crippen molar-refractivity contribution in [2.24, 2.45) is 0 Å². The van der Waals surface area contributed by atoms with Gasteiger partial charge in [0.05, 0.1) is 5.69 Å². The minimum Gasteiger partial charge on any atom is -0.480 e. The monoisotopic (exact) mass is 489 g/mol. The van der Waals surface area contributed by atoms with Gasteiger partial charge in [-0.15, -0.1) is 11.3 Å². The van der Waals surface area contributed by atoms with E-state index in [0.29, 0.717) is 18.7 Å². The molecule has 8 heteroatoms. The van der Waals surface area contributed by atoms with E-state index < -0.39 is 5.97 Å². The fourth-order valence-corrected chi connectivity index (χ4v) is 4.46. The summed E-state index contributed by atoms with van der Waals surface area (Å²) in [5.74, 6) is -1.69. The number of hydrogen-bond acceptors (Lipinski definition) is 5. The molecular weight excluding hydrogens is 465 g/mol. The van der Waals surface area contributed by atoms with Crippen LogP contribution < -0.4 is 4.90 Å². The maximum atomic E-state index is 13.3. The molecule has 1 heterocycles. The van der Waals surface area contributed by atoms with Crippen molar-refractivity contribution < 1.29 is 19.1 Å². The highest BCUT2D eigenvalue weighted by Crippen LogP contribution is 2.30. The summed E-state index contributed by atoms with van der Waals surface area (Å²) in [6.45, 7) is 0.843. The number of likely N-dealkylation sites (N-methyl/N-ethyl adjacent to an activating group) is 1. The van der Waals surface area contributed by atoms with Gasteiger partial charge in [-0.3, -0.25) is 9.59 Å². The molecule has 0 bridgehead atoms. The number of carboxylic acid groups (broad SMARTS) is 1. The SMILES string of the molecule is CN(CC(=O)O)C(=O)c1ccc(CN(Cc2ccccc2)c2nc(-c3ccc(F)cc3)cs2)cc1. The summed E-state index contributed by atoms with van der Waals surface area (Å²) in [6.07, 6.45) is 0. The van der Waals surface area contributed by atoms with Crippen molar-refractivity contribution in [2.75, 3.05) is 18.5 Å². The summed E-state index contributed by atoms with van der Waals surface area (Å²) in [5.41, 5.74) is 4.18. The molecular formula is C27H24FN3O3S. The molecule has 35 heavy (non-hydrogen) atoms. The standard InChI is InChI=1S/C27H24FN3O3S/c1-30(17-25(32)33)26(34)22-9-7-20(8-10-22)16-31(15-19-5-3-2-4-6-19)27-29-24(18-35-27)21-11-13-23(28)14-12-21/h2-14,18H,15-17H2,1H3,(H,32,33). The number of carboxylic acids is 1. The molecule has 0 atom stereocenters. The van der Waals surface area contributed by atoms with Crippen LogP contribution in [0.3, 0.4) is 0 Å². The summed E-state index contributed by atoms with van der Waals surface area (Å²) in [5, 5.41) is 11.7. The molecule has 3 aromatic carbocycles. The summed E-state index contributed by atoms with van der Waals surface area (Å²) in [6, 6.07) is 23.5. The lowest BCUT2D eigenvalue weighted by molar-refractivity contribution is -0.137. The molecule has 0 saturated heterocycles. The number of carbonyl (C=O) groups is 2. The fourth-order valence-electron chi connectivity index (χ4n) is 3.63. The number of halogens is 1. The number of carbonyl (C=O) groups excluding carboxylic acids is 1. The van der Waals surface area contributed by atoms with Crippen LogP contribution in [0.5, 0.6) is 0 Å². The Kier molecular flexibility index (Phi) is 7.52. The highest BCUT2D eigenvalue weighted by molar-refractivity contribution is 7.14. The normalized spacial score (nSPS) is 10.7. The first-order valence-electron chi connectivity index (χ1n) is 11.0. The molecule has 0 spiro atoms. The average Bonchev–Trinajstić information content (AvgIpc) is 3.35. The van der Waals surface area contributed by atoms with Gasteiger partial charge in [-0.25, -0.2) is 9.37 Å². The zero-order chi connectivity index (χ0) is 24.8. The van der Waals surface area contributed by atoms with Crippen molar-refractivity contribution in [3.8, 4) is 11.3 Å². The molecule has 1 amide bonds. The number of benzene rings is 3. The quantitative estimate of drug-likeness (QED) is 0.345. The molecule has 0 radical (unpaired) electrons. The van der Waals surface area contributed by atoms with Gasteiger partial charge in [0.2, 0.25) is 0 Å². The number of thiazole rings is 1. The van der Waals surface area contributed by atoms with Gasteiger partial charge in [0.15, 0.2) is 5.13 Å². The Morgan fingerprint density at radius 3 is 2.17 bits per heavy atom. The fraction of sp³-hybridized carbons (Fsp3) is 0.148. The van der Waals surface area contributed by atoms with Gasteiger partial charge in [-0.2, -0.15) is 0 Å². The first kappa shape index (κ1) is 24.1. The van der Waals surface area contributed by atoms with E-state index in [0.717, 1.165) is 27.5 Å². The zero-order valence-corrected chi connectivity index (χ0v) is 19.9. The number of anilines is 1. The highest BCUT2D eigenvalue weighted by Gasteiger charge is 2.16. The first-order valence-corrected chi connectivity index (χ1v) is 11.8. The topological polar surface area (TPSA) is 73.7 Å². The lowest BCUT2D eigenvalue weighted by atomic mass is 10.1. The van der Waals surface area contributed by atoms with Gasteiger partial charge < -0.3 is 14.9 Å². The second kappa shape index (κ2) is 10.9. The van der Waals surface area contributed by atoms with E-state index in [9.17, 15) is 14.0 Å². The summed E-state index contributed by atoms with van der Waals surface area (Å²) in [7, 11) is 1.47. The van der Waals surface area contributed by atoms with Crippen LogP contribution in [0.4, 0.5) is 9.52 Å². The largest absolute Gasteiger partial charge is 0.480 e. The lowest BCUT2D eigenvalue weighted by Crippen LogP contribution is -2.31. The summed E-state index contributed by atoms with van der Waals surface area (Å²) >= 11 is 1.52. The Hall–Kier alpha value is -4.04. The Bertz CT molecular complexity index is 1290. The predicted octanol–water partition coefficient (Wildman–Crippen LogP) is 5.31. The van der Waals surface area contributed by atoms with Gasteiger partial charge in [0.1, 0.15) is 12.4 Å². The molecule has 4 aromatic rings. The van der Waals surface area contributed by atoms with Crippen molar-refractivity contribution in [2.45, 2.75) is 13.1 Å². The molecule has 178 valence electrons. The number of nitrogens with zero attached hydrogens (tertiary/aromatic N) is 3. The Labute approximate surface area is 206 Å². The molecule has 0 aliphatic rings. The van der Waals surface area contributed by atoms with Gasteiger partial charge >= 0.3 is 5.97 Å². The van der Waals surface area contributed by atoms with Crippen LogP contribution in [0.25, 0.3) is 11.3 Å². The van der Waals surface area contributed by atoms with Crippen molar-refractivity contribution in [1.29, 1.82) is 0 Å². The molecule has 0 fully saturated rings. The van der Waals surface area contributed by atoms with Gasteiger partial charge in [-0.1, -0.05) is 42.5 Å². The van der Waals surface area contributed by atoms with Crippen molar-refractivity contribution >= 4 is 28.3 Å². The Morgan fingerprint density at radius 1 is 0.914 bits per heavy atom. The lowest BCUT2D eigenvalue weighted by Gasteiger charge is -2.22. The van der Waals surface area contributed by atoms with Crippen LogP contribution in [0.1, 0.15) is 21.5 Å². The van der Waals surface area contributed by atoms with E-state index in [4.69, 9.17) is 10.1 Å². The molecule has 1 N–H and O–H groups in total. The van der Waals surface area contributed by atoms with E-state index >= 15 is 0 Å². The second-order valence-corrected chi connectivity index (χ2v) is 8.95. The first-order chi connectivity index (χ1) is 16.9. The van der Waals surface area contributed by atoms with Crippen LogP contribution in [-0.2, 0) is 17.9 Å². The molecule has 0 saturated carbocycles. The number of amides is 1. The average molecular weight is 490 g/mol. The Morgan fingerprint density at radius 2 is 1.54 bits per heavy atom. The third-order valence-corrected chi connectivity index (χ3v) is 6.31. The van der Waals surface area contributed by atoms with E-state index in [1.165, 1.54) is 35.4 Å². The Balaban J connectivity index is 1.55. The van der Waals surface area contributed by atoms with E-state index in [1.807, 2.05) is 35.7 Å². The van der Waals surface area contributed by atoms with Crippen LogP contribution in [0.2, 0.25) is 0 Å². The number of aliphatic carboxylic acids is 1. The number of hydrogen-bond donors (Lipinski definition) is 1. The number of rotatable bonds is 9. The van der Waals surface area contributed by atoms with E-state index in [1.54, 1.807) is 24.3 Å². The summed E-state index contributed by atoms with van der Waals surface area (Å²) in [4.78, 5) is 31.5. The second-order valence-electron chi connectivity index (χ2n) is 8.12. The summed E-state index contributed by atoms with van der Waals surface area (Å²) < 4.78 is 13.3. The van der Waals surface area contributed by atoms with Crippen molar-refractivity contribution in [3.05, 3.63) is 107 Å². The molecule has 0 aliphatic carbocycles. The van der Waals surface area contributed by atoms with Crippen LogP contribution in [0.15, 0.2) is 84.2 Å². The highest BCUT2D eigenvalue weighted by atomic mass is 32.1. The number of aromatic nitrogens is 1. The van der Waals surface area contributed by atoms with E-state index in [2.05, 4.69) is 17.0 Å². The van der Waals surface area contributed by atoms with Crippen molar-refractivity contribution in [3.63, 3.8) is 0 Å². The van der Waals surface area contributed by atoms with Crippen LogP contribution in [-0.4, -0.2) is 40.5 Å². The predicted molar refractivity (Wildman–Crippen MR) is 135 cm³/mol. The molecule has 0 unspecified atom stereocenters. The van der Waals surface area contributed by atoms with Crippen LogP contribution in [0, 0.1) is 5.82 Å². The van der Waals surface area contributed by atoms with Gasteiger partial charge in [0, 0.05) is 36.6 Å². The molecule has 0 aliphatic heterocycles. The van der Waals surface area contributed by atoms with Crippen molar-refractivity contribution in [1.82, 2.24) is 9.88 Å². The minimum atomic E-state index is -1.06. The van der Waals surface area contributed by atoms with Gasteiger partial charge in [0.25, 0.3) is 5.91 Å². The maximum absolute atomic E-state index is 13.3. The van der Waals surface area contributed by atoms with E-state index in [-0.39, 0.29) is 18.3 Å². The molecule has 6 nitrogen and oxygen atoms in total. The minimum absolute atomic E-state index is 0.286. The maximum Gasteiger partial charge on any atom is 0.323 e. The molecule has 1 aromatic heterocycles. The zero-order valence-electron chi connectivity index (χ0n) is 19.1. The third kappa shape index (κ3) is 6.30. The van der Waals surface area contributed by atoms with Gasteiger partial charge in [-0.05, 0) is 47.5 Å². The smallest absolute Gasteiger partial charge is 0.323 e. The molecule has 4 rings (SSSR count). The van der Waals surface area contributed by atoms with Crippen LogP contribution >= 0.6 is 11.3 Å².